The van der Waals surface area contributed by atoms with E-state index in [1.54, 1.807) is 0 Å². The van der Waals surface area contributed by atoms with Gasteiger partial charge in [0.1, 0.15) is 5.60 Å². The van der Waals surface area contributed by atoms with Crippen molar-refractivity contribution in [1.82, 2.24) is 0 Å². The number of carboxylic acids is 1. The van der Waals surface area contributed by atoms with Gasteiger partial charge in [-0.15, -0.1) is 0 Å². The van der Waals surface area contributed by atoms with Crippen LogP contribution in [-0.4, -0.2) is 28.3 Å². The first-order valence-electron chi connectivity index (χ1n) is 13.1. The van der Waals surface area contributed by atoms with Gasteiger partial charge < -0.3 is 15.1 Å². The smallest absolute Gasteiger partial charge is 0.309 e. The van der Waals surface area contributed by atoms with Crippen LogP contribution in [0.25, 0.3) is 0 Å². The van der Waals surface area contributed by atoms with Crippen molar-refractivity contribution in [3.05, 3.63) is 12.2 Å². The lowest BCUT2D eigenvalue weighted by Gasteiger charge is -2.63. The Kier molecular flexibility index (Phi) is 6.55. The predicted molar refractivity (Wildman–Crippen MR) is 130 cm³/mol. The molecular weight excluding hydrogens is 428 g/mol. The second-order valence-corrected chi connectivity index (χ2v) is 12.6. The maximum Gasteiger partial charge on any atom is 0.309 e. The summed E-state index contributed by atoms with van der Waals surface area (Å²) in [5, 5.41) is 32.1. The number of nitrogens with zero attached hydrogens (tertiary/aromatic N) is 2. The van der Waals surface area contributed by atoms with E-state index >= 15 is 0 Å². The Morgan fingerprint density at radius 3 is 2.53 bits per heavy atom. The third-order valence-corrected chi connectivity index (χ3v) is 11.1. The number of allylic oxidation sites excluding steroid dienone is 1. The van der Waals surface area contributed by atoms with Gasteiger partial charge in [0.25, 0.3) is 0 Å². The number of fused-ring (bicyclic) bond motifs is 5. The number of hydrogen-bond donors (Lipinski definition) is 2. The first-order chi connectivity index (χ1) is 16.0. The largest absolute Gasteiger partial charge is 0.481 e. The lowest BCUT2D eigenvalue weighted by atomic mass is 9.41. The molecule has 4 rings (SSSR count). The van der Waals surface area contributed by atoms with Crippen LogP contribution in [0.4, 0.5) is 0 Å². The van der Waals surface area contributed by atoms with Gasteiger partial charge in [-0.1, -0.05) is 24.2 Å². The summed E-state index contributed by atoms with van der Waals surface area (Å²) < 4.78 is 5.82. The second-order valence-electron chi connectivity index (χ2n) is 12.6. The topological polar surface area (TPSA) is 103 Å². The summed E-state index contributed by atoms with van der Waals surface area (Å²) >= 11 is 0. The van der Waals surface area contributed by atoms with Gasteiger partial charge in [-0.2, -0.15) is 5.26 Å². The molecule has 188 valence electrons. The third kappa shape index (κ3) is 3.65. The Bertz CT molecular complexity index is 891. The Morgan fingerprint density at radius 1 is 1.21 bits per heavy atom. The molecule has 7 unspecified atom stereocenters. The van der Waals surface area contributed by atoms with Gasteiger partial charge in [-0.05, 0) is 113 Å². The molecule has 4 aliphatic rings. The Morgan fingerprint density at radius 2 is 1.91 bits per heavy atom. The maximum absolute atomic E-state index is 12.7. The van der Waals surface area contributed by atoms with Gasteiger partial charge in [-0.3, -0.25) is 4.79 Å². The van der Waals surface area contributed by atoms with Crippen molar-refractivity contribution in [2.24, 2.45) is 57.4 Å². The van der Waals surface area contributed by atoms with E-state index in [4.69, 9.17) is 9.94 Å². The molecule has 4 fully saturated rings. The van der Waals surface area contributed by atoms with E-state index in [-0.39, 0.29) is 23.2 Å². The number of hydrogen-bond acceptors (Lipinski definition) is 5. The van der Waals surface area contributed by atoms with Crippen LogP contribution >= 0.6 is 0 Å². The fourth-order valence-electron chi connectivity index (χ4n) is 9.57. The minimum Gasteiger partial charge on any atom is -0.481 e. The molecule has 0 amide bonds. The van der Waals surface area contributed by atoms with E-state index in [0.29, 0.717) is 30.1 Å². The first-order valence-corrected chi connectivity index (χ1v) is 13.1. The number of aliphatic carboxylic acids is 1. The van der Waals surface area contributed by atoms with Crippen LogP contribution in [-0.2, 0) is 9.53 Å². The summed E-state index contributed by atoms with van der Waals surface area (Å²) in [6.07, 6.45) is 9.21. The number of ether oxygens (including phenoxy) is 1. The van der Waals surface area contributed by atoms with Crippen molar-refractivity contribution in [3.63, 3.8) is 0 Å². The summed E-state index contributed by atoms with van der Waals surface area (Å²) in [6, 6.07) is 2.47. The van der Waals surface area contributed by atoms with E-state index in [2.05, 4.69) is 31.7 Å². The zero-order valence-corrected chi connectivity index (χ0v) is 21.3. The Labute approximate surface area is 204 Å². The second kappa shape index (κ2) is 8.88. The molecule has 0 bridgehead atoms. The number of oxime groups is 1. The molecule has 0 aromatic carbocycles. The maximum atomic E-state index is 12.7. The highest BCUT2D eigenvalue weighted by atomic mass is 16.5. The summed E-state index contributed by atoms with van der Waals surface area (Å²) in [5.74, 6) is 1.66. The average molecular weight is 471 g/mol. The summed E-state index contributed by atoms with van der Waals surface area (Å²) in [4.78, 5) is 12.7. The number of carboxylic acid groups (broad SMARTS) is 1. The van der Waals surface area contributed by atoms with Crippen LogP contribution in [0.2, 0.25) is 0 Å². The van der Waals surface area contributed by atoms with Crippen molar-refractivity contribution < 1.29 is 19.8 Å². The van der Waals surface area contributed by atoms with Crippen LogP contribution in [0.1, 0.15) is 85.5 Å². The van der Waals surface area contributed by atoms with Gasteiger partial charge >= 0.3 is 5.97 Å². The highest BCUT2D eigenvalue weighted by Crippen LogP contribution is 2.70. The van der Waals surface area contributed by atoms with Gasteiger partial charge in [0.15, 0.2) is 0 Å². The number of carbonyl (C=O) groups is 1. The molecule has 9 atom stereocenters. The van der Waals surface area contributed by atoms with Crippen molar-refractivity contribution in [1.29, 1.82) is 5.26 Å². The molecule has 6 heteroatoms. The van der Waals surface area contributed by atoms with Gasteiger partial charge in [-0.25, -0.2) is 0 Å². The molecule has 4 saturated carbocycles. The zero-order valence-electron chi connectivity index (χ0n) is 21.3. The normalized spacial score (nSPS) is 43.9. The van der Waals surface area contributed by atoms with Crippen molar-refractivity contribution in [2.45, 2.75) is 91.1 Å². The van der Waals surface area contributed by atoms with E-state index in [1.165, 1.54) is 0 Å². The van der Waals surface area contributed by atoms with Gasteiger partial charge in [0, 0.05) is 12.3 Å². The highest BCUT2D eigenvalue weighted by Gasteiger charge is 2.66. The molecule has 4 aliphatic carbocycles. The molecular formula is C28H42N2O4. The average Bonchev–Trinajstić information content (AvgIpc) is 3.19. The molecule has 34 heavy (non-hydrogen) atoms. The third-order valence-electron chi connectivity index (χ3n) is 11.1. The van der Waals surface area contributed by atoms with E-state index < -0.39 is 17.0 Å². The van der Waals surface area contributed by atoms with Crippen molar-refractivity contribution in [3.8, 4) is 6.07 Å². The fraction of sp³-hybridized carbons (Fsp3) is 0.821. The van der Waals surface area contributed by atoms with Crippen LogP contribution in [0.3, 0.4) is 0 Å². The van der Waals surface area contributed by atoms with Gasteiger partial charge in [0.2, 0.25) is 6.40 Å². The standard InChI is InChI=1S/C28H42N2O4/c1-17(2)18-10-12-28(25(31)32)14-13-27(5)22-9-8-21(26(3,4)34-16-30-33)20(11-15-29)19(22)6-7-23(27)24(18)28/h16,18-24,33H,1,6-14H2,2-5H3,(H,31,32)/b30-16+/t18-,19?,20?,21?,22?,23?,24?,27-,28?/m0/s1. The van der Waals surface area contributed by atoms with E-state index in [0.717, 1.165) is 63.3 Å². The fourth-order valence-corrected chi connectivity index (χ4v) is 9.57. The van der Waals surface area contributed by atoms with Crippen LogP contribution in [0.15, 0.2) is 17.3 Å². The molecule has 0 heterocycles. The number of rotatable bonds is 6. The molecule has 2 N–H and O–H groups in total. The molecule has 6 nitrogen and oxygen atoms in total. The van der Waals surface area contributed by atoms with Gasteiger partial charge in [0.05, 0.1) is 11.5 Å². The lowest BCUT2D eigenvalue weighted by Crippen LogP contribution is -2.59. The monoisotopic (exact) mass is 470 g/mol. The Hall–Kier alpha value is -2.03. The van der Waals surface area contributed by atoms with Crippen molar-refractivity contribution in [2.75, 3.05) is 0 Å². The molecule has 0 aliphatic heterocycles. The van der Waals surface area contributed by atoms with E-state index in [9.17, 15) is 15.2 Å². The zero-order chi connectivity index (χ0) is 24.9. The number of nitriles is 1. The molecule has 0 saturated heterocycles. The molecule has 0 spiro atoms. The van der Waals surface area contributed by atoms with Crippen molar-refractivity contribution >= 4 is 12.4 Å². The molecule has 0 radical (unpaired) electrons. The summed E-state index contributed by atoms with van der Waals surface area (Å²) in [5.41, 5.74) is 0.136. The van der Waals surface area contributed by atoms with Crippen LogP contribution in [0.5, 0.6) is 0 Å². The van der Waals surface area contributed by atoms with Crippen LogP contribution in [0, 0.1) is 63.6 Å². The summed E-state index contributed by atoms with van der Waals surface area (Å²) in [6.45, 7) is 12.9. The van der Waals surface area contributed by atoms with E-state index in [1.807, 2.05) is 13.8 Å². The molecule has 0 aromatic heterocycles. The first kappa shape index (κ1) is 25.1. The SMILES string of the molecule is C=C(C)[C@@H]1CCC2(C(=O)O)CC[C@@]3(C)C4CCC(C(C)(C)O/C=N/O)C(CC#N)C4CCC3C12. The minimum atomic E-state index is -0.596. The lowest BCUT2D eigenvalue weighted by molar-refractivity contribution is -0.180. The summed E-state index contributed by atoms with van der Waals surface area (Å²) in [7, 11) is 0. The Balaban J connectivity index is 1.67. The minimum absolute atomic E-state index is 0.0980. The highest BCUT2D eigenvalue weighted by molar-refractivity contribution is 5.76. The predicted octanol–water partition coefficient (Wildman–Crippen LogP) is 6.25. The molecule has 0 aromatic rings. The quantitative estimate of drug-likeness (QED) is 0.157. The van der Waals surface area contributed by atoms with Crippen LogP contribution < -0.4 is 0 Å².